The van der Waals surface area contributed by atoms with E-state index in [1.165, 1.54) is 219 Å². The van der Waals surface area contributed by atoms with E-state index in [1.54, 1.807) is 0 Å². The Balaban J connectivity index is -0.000000782. The van der Waals surface area contributed by atoms with Crippen molar-refractivity contribution in [2.24, 2.45) is 5.92 Å². The van der Waals surface area contributed by atoms with Crippen molar-refractivity contribution in [1.82, 2.24) is 4.90 Å². The van der Waals surface area contributed by atoms with Crippen LogP contribution < -0.4 is 0 Å². The van der Waals surface area contributed by atoms with Crippen LogP contribution in [-0.2, 0) is 42.3 Å². The van der Waals surface area contributed by atoms with Crippen LogP contribution in [0.2, 0.25) is 0 Å². The van der Waals surface area contributed by atoms with E-state index in [0.29, 0.717) is 6.61 Å². The van der Waals surface area contributed by atoms with Crippen LogP contribution in [-0.4, -0.2) is 59.4 Å². The van der Waals surface area contributed by atoms with Crippen molar-refractivity contribution in [2.75, 3.05) is 26.2 Å². The molecule has 7 nitrogen and oxygen atoms in total. The fourth-order valence-electron chi connectivity index (χ4n) is 6.81. The van der Waals surface area contributed by atoms with Gasteiger partial charge in [0, 0.05) is 39.3 Å². The molecule has 0 atom stereocenters. The van der Waals surface area contributed by atoms with E-state index in [1.807, 2.05) is 0 Å². The monoisotopic (exact) mass is 791 g/mol. The van der Waals surface area contributed by atoms with Gasteiger partial charge in [-0.15, -0.1) is 0 Å². The van der Waals surface area contributed by atoms with Gasteiger partial charge in [0.25, 0.3) is 12.9 Å². The van der Waals surface area contributed by atoms with Crippen molar-refractivity contribution in [1.29, 1.82) is 0 Å². The summed E-state index contributed by atoms with van der Waals surface area (Å²) in [5.74, 6) is 0.998. The Labute approximate surface area is 338 Å². The summed E-state index contributed by atoms with van der Waals surface area (Å²) in [7, 11) is 0. The van der Waals surface area contributed by atoms with Gasteiger partial charge >= 0.3 is 0 Å². The van der Waals surface area contributed by atoms with Crippen LogP contribution in [0.1, 0.15) is 226 Å². The van der Waals surface area contributed by atoms with Crippen LogP contribution >= 0.6 is 0 Å². The van der Waals surface area contributed by atoms with E-state index < -0.39 is 0 Å². The molecule has 0 aromatic heterocycles. The van der Waals surface area contributed by atoms with Crippen LogP contribution in [0.15, 0.2) is 0 Å². The fourth-order valence-corrected chi connectivity index (χ4v) is 6.81. The van der Waals surface area contributed by atoms with Gasteiger partial charge in [0.15, 0.2) is 0 Å². The maximum Gasteiger partial charge on any atom is 0.290 e. The zero-order valence-corrected chi connectivity index (χ0v) is 36.8. The molecule has 0 amide bonds. The van der Waals surface area contributed by atoms with Crippen LogP contribution in [0.25, 0.3) is 6.15 Å². The molecule has 1 radical (unpaired) electrons. The number of rotatable bonds is 37. The molecule has 8 heteroatoms. The second-order valence-corrected chi connectivity index (χ2v) is 14.2. The molecule has 0 aliphatic heterocycles. The summed E-state index contributed by atoms with van der Waals surface area (Å²) in [6.07, 6.45) is 45.7. The summed E-state index contributed by atoms with van der Waals surface area (Å²) < 4.78 is 0. The molecule has 0 aromatic rings. The topological polar surface area (TPSA) is 132 Å². The summed E-state index contributed by atoms with van der Waals surface area (Å²) in [5, 5.41) is 23.3. The van der Waals surface area contributed by atoms with Crippen molar-refractivity contribution in [3.8, 4) is 0 Å². The summed E-state index contributed by atoms with van der Waals surface area (Å²) in [5.41, 5.74) is 0. The number of carboxylic acid groups (broad SMARTS) is 2. The van der Waals surface area contributed by atoms with Gasteiger partial charge in [-0.1, -0.05) is 213 Å². The summed E-state index contributed by atoms with van der Waals surface area (Å²) in [6.45, 7) is 10.0. The third kappa shape index (κ3) is 57.3. The molecule has 0 aliphatic carbocycles. The van der Waals surface area contributed by atoms with E-state index in [9.17, 15) is 5.11 Å². The smallest absolute Gasteiger partial charge is 0.290 e. The van der Waals surface area contributed by atoms with E-state index in [-0.39, 0.29) is 51.8 Å². The number of nitrogens with zero attached hydrogens (tertiary/aromatic N) is 1. The normalized spacial score (nSPS) is 10.4. The maximum atomic E-state index is 9.54. The molecule has 0 bridgehead atoms. The predicted molar refractivity (Wildman–Crippen MR) is 214 cm³/mol. The Morgan fingerprint density at radius 3 is 0.880 bits per heavy atom. The molecule has 301 valence electrons. The van der Waals surface area contributed by atoms with Crippen LogP contribution in [0.4, 0.5) is 0 Å². The second-order valence-electron chi connectivity index (χ2n) is 14.2. The van der Waals surface area contributed by atoms with Crippen molar-refractivity contribution >= 4 is 12.9 Å². The first-order valence-corrected chi connectivity index (χ1v) is 21.1. The molecule has 0 aliphatic rings. The first-order valence-electron chi connectivity index (χ1n) is 21.1. The molecule has 0 spiro atoms. The molecule has 50 heavy (non-hydrogen) atoms. The average molecular weight is 791 g/mol. The molecule has 5 N–H and O–H groups in total. The van der Waals surface area contributed by atoms with Crippen molar-refractivity contribution in [2.45, 2.75) is 226 Å². The Hall–Kier alpha value is -0.0761. The van der Waals surface area contributed by atoms with E-state index >= 15 is 0 Å². The Morgan fingerprint density at radius 1 is 0.420 bits per heavy atom. The van der Waals surface area contributed by atoms with E-state index in [0.717, 1.165) is 12.5 Å². The number of unbranched alkanes of at least 4 members (excludes halogenated alkanes) is 25. The van der Waals surface area contributed by atoms with Crippen LogP contribution in [0.5, 0.6) is 0 Å². The van der Waals surface area contributed by atoms with Gasteiger partial charge in [-0.3, -0.25) is 9.59 Å². The summed E-state index contributed by atoms with van der Waals surface area (Å²) >= 11 is 0. The largest absolute Gasteiger partial charge is 0.693 e. The number of hydrogen-bond donors (Lipinski definition) is 3. The Bertz CT molecular complexity index is 552. The SMILES string of the molecule is CCCCCCCCCCCCCCN(CCO)CCCCCCCC(CCCCCCCC)CCCCCCCC.O=CO.O=CO.[NH2-].[Y]. The molecule has 0 heterocycles. The van der Waals surface area contributed by atoms with Gasteiger partial charge in [-0.05, 0) is 31.8 Å². The minimum Gasteiger partial charge on any atom is -0.693 e. The molecule has 0 fully saturated rings. The molecule has 0 saturated carbocycles. The standard InChI is InChI=1S/C40H83NO.2CH2O2.H2N.Y/c1-4-7-10-13-16-17-18-19-20-21-26-31-36-41(38-39-42)37-32-27-22-25-30-35-40(33-28-23-14-11-8-5-2)34-29-24-15-12-9-6-3;2*2-1-3;;/h40,42H,4-39H2,1-3H3;2*1H,(H,2,3);1H2;/q;;;-1;. The molecular weight excluding hydrogens is 701 g/mol. The maximum absolute atomic E-state index is 9.54. The van der Waals surface area contributed by atoms with Gasteiger partial charge in [0.1, 0.15) is 0 Å². The molecule has 0 saturated heterocycles. The second kappa shape index (κ2) is 58.2. The van der Waals surface area contributed by atoms with Gasteiger partial charge in [-0.2, -0.15) is 0 Å². The third-order valence-electron chi connectivity index (χ3n) is 9.76. The predicted octanol–water partition coefficient (Wildman–Crippen LogP) is 13.6. The Kier molecular flexibility index (Phi) is 69.0. The number of aliphatic hydroxyl groups is 1. The van der Waals surface area contributed by atoms with Crippen molar-refractivity contribution < 1.29 is 57.6 Å². The number of carbonyl (C=O) groups is 2. The van der Waals surface area contributed by atoms with Gasteiger partial charge in [0.2, 0.25) is 0 Å². The first-order chi connectivity index (χ1) is 23.6. The van der Waals surface area contributed by atoms with E-state index in [4.69, 9.17) is 19.8 Å². The summed E-state index contributed by atoms with van der Waals surface area (Å²) in [4.78, 5) is 19.3. The Morgan fingerprint density at radius 2 is 0.640 bits per heavy atom. The molecule has 0 unspecified atom stereocenters. The molecule has 0 rings (SSSR count). The van der Waals surface area contributed by atoms with E-state index in [2.05, 4.69) is 25.7 Å². The number of nitrogens with two attached hydrogens (primary N) is 1. The zero-order valence-electron chi connectivity index (χ0n) is 33.9. The van der Waals surface area contributed by atoms with Crippen molar-refractivity contribution in [3.05, 3.63) is 6.15 Å². The average Bonchev–Trinajstić information content (AvgIpc) is 3.08. The van der Waals surface area contributed by atoms with Gasteiger partial charge in [-0.25, -0.2) is 0 Å². The first kappa shape index (κ1) is 59.2. The number of hydrogen-bond acceptors (Lipinski definition) is 4. The van der Waals surface area contributed by atoms with Crippen LogP contribution in [0.3, 0.4) is 0 Å². The minimum atomic E-state index is -0.250. The molecule has 0 aromatic carbocycles. The quantitative estimate of drug-likeness (QED) is 0.0424. The number of aliphatic hydroxyl groups excluding tert-OH is 1. The van der Waals surface area contributed by atoms with Crippen LogP contribution in [0, 0.1) is 5.92 Å². The van der Waals surface area contributed by atoms with Crippen molar-refractivity contribution in [3.63, 3.8) is 0 Å². The zero-order chi connectivity index (χ0) is 36.0. The fraction of sp³-hybridized carbons (Fsp3) is 0.952. The van der Waals surface area contributed by atoms with Gasteiger partial charge < -0.3 is 26.4 Å². The minimum absolute atomic E-state index is 0. The molecular formula is C42H89N2O5Y-. The summed E-state index contributed by atoms with van der Waals surface area (Å²) in [6, 6.07) is 0. The van der Waals surface area contributed by atoms with Gasteiger partial charge in [0.05, 0.1) is 6.61 Å². The third-order valence-corrected chi connectivity index (χ3v) is 9.76.